The summed E-state index contributed by atoms with van der Waals surface area (Å²) in [5.41, 5.74) is 2.07. The predicted molar refractivity (Wildman–Crippen MR) is 103 cm³/mol. The van der Waals surface area contributed by atoms with E-state index in [-0.39, 0.29) is 17.9 Å². The molecular formula is C22H27N3O2+2. The summed E-state index contributed by atoms with van der Waals surface area (Å²) in [6, 6.07) is 20.0. The van der Waals surface area contributed by atoms with Crippen molar-refractivity contribution >= 4 is 17.5 Å². The molecule has 27 heavy (non-hydrogen) atoms. The first-order chi connectivity index (χ1) is 13.2. The van der Waals surface area contributed by atoms with Crippen LogP contribution < -0.4 is 15.1 Å². The van der Waals surface area contributed by atoms with Gasteiger partial charge >= 0.3 is 0 Å². The number of piperidine rings is 1. The minimum Gasteiger partial charge on any atom is -0.333 e. The first kappa shape index (κ1) is 17.9. The van der Waals surface area contributed by atoms with Crippen LogP contribution in [0.4, 0.5) is 5.69 Å². The number of para-hydroxylation sites is 1. The molecule has 0 saturated carbocycles. The van der Waals surface area contributed by atoms with Gasteiger partial charge in [0.2, 0.25) is 5.91 Å². The molecule has 2 aromatic rings. The third-order valence-corrected chi connectivity index (χ3v) is 5.73. The van der Waals surface area contributed by atoms with E-state index in [1.54, 1.807) is 4.90 Å². The average molecular weight is 365 g/mol. The van der Waals surface area contributed by atoms with Crippen LogP contribution in [0.25, 0.3) is 0 Å². The number of hydrogen-bond donors (Lipinski definition) is 2. The molecule has 0 aliphatic carbocycles. The van der Waals surface area contributed by atoms with Crippen molar-refractivity contribution in [3.8, 4) is 0 Å². The van der Waals surface area contributed by atoms with Crippen LogP contribution in [-0.2, 0) is 16.1 Å². The SMILES string of the molecule is O=C1C[C@@H]([NH2+]C2CC[NH+](Cc3ccccc3)CC2)C(=O)N1c1ccccc1. The second-order valence-electron chi connectivity index (χ2n) is 7.66. The number of carbonyl (C=O) groups is 2. The van der Waals surface area contributed by atoms with Crippen molar-refractivity contribution in [2.45, 2.75) is 37.9 Å². The van der Waals surface area contributed by atoms with E-state index in [9.17, 15) is 9.59 Å². The molecule has 2 aliphatic rings. The number of rotatable bonds is 5. The van der Waals surface area contributed by atoms with E-state index in [0.717, 1.165) is 32.5 Å². The number of hydrogen-bond acceptors (Lipinski definition) is 2. The molecule has 0 unspecified atom stereocenters. The first-order valence-electron chi connectivity index (χ1n) is 9.85. The van der Waals surface area contributed by atoms with Crippen molar-refractivity contribution < 1.29 is 19.8 Å². The number of nitrogens with two attached hydrogens (primary N) is 1. The van der Waals surface area contributed by atoms with Gasteiger partial charge in [0, 0.05) is 18.4 Å². The number of nitrogens with one attached hydrogen (secondary N) is 1. The molecule has 2 aliphatic heterocycles. The number of amides is 2. The normalized spacial score (nSPS) is 25.8. The second-order valence-corrected chi connectivity index (χ2v) is 7.66. The van der Waals surface area contributed by atoms with Crippen LogP contribution >= 0.6 is 0 Å². The Morgan fingerprint density at radius 2 is 1.56 bits per heavy atom. The van der Waals surface area contributed by atoms with Gasteiger partial charge < -0.3 is 10.2 Å². The summed E-state index contributed by atoms with van der Waals surface area (Å²) in [6.07, 6.45) is 2.49. The Bertz CT molecular complexity index is 786. The maximum atomic E-state index is 12.8. The monoisotopic (exact) mass is 365 g/mol. The fourth-order valence-corrected chi connectivity index (χ4v) is 4.28. The lowest BCUT2D eigenvalue weighted by Gasteiger charge is -2.29. The van der Waals surface area contributed by atoms with Crippen molar-refractivity contribution in [1.29, 1.82) is 0 Å². The lowest BCUT2D eigenvalue weighted by Crippen LogP contribution is -3.14. The molecule has 2 fully saturated rings. The number of benzene rings is 2. The third-order valence-electron chi connectivity index (χ3n) is 5.73. The van der Waals surface area contributed by atoms with Crippen LogP contribution in [0.5, 0.6) is 0 Å². The molecule has 5 heteroatoms. The van der Waals surface area contributed by atoms with Crippen LogP contribution in [-0.4, -0.2) is 37.0 Å². The molecule has 2 saturated heterocycles. The largest absolute Gasteiger partial charge is 0.333 e. The standard InChI is InChI=1S/C22H25N3O2/c26-21-15-20(22(27)25(21)19-9-5-2-6-10-19)23-18-11-13-24(14-12-18)16-17-7-3-1-4-8-17/h1-10,18,20,23H,11-16H2/p+2/t20-/m1/s1. The summed E-state index contributed by atoms with van der Waals surface area (Å²) in [6.45, 7) is 3.30. The van der Waals surface area contributed by atoms with Crippen molar-refractivity contribution in [3.05, 3.63) is 66.2 Å². The fourth-order valence-electron chi connectivity index (χ4n) is 4.28. The van der Waals surface area contributed by atoms with E-state index in [0.29, 0.717) is 18.2 Å². The van der Waals surface area contributed by atoms with E-state index in [1.807, 2.05) is 30.3 Å². The quantitative estimate of drug-likeness (QED) is 0.740. The number of nitrogens with zero attached hydrogens (tertiary/aromatic N) is 1. The van der Waals surface area contributed by atoms with Gasteiger partial charge in [-0.15, -0.1) is 0 Å². The highest BCUT2D eigenvalue weighted by Gasteiger charge is 2.43. The second kappa shape index (κ2) is 8.03. The van der Waals surface area contributed by atoms with Gasteiger partial charge in [0.15, 0.2) is 6.04 Å². The molecule has 3 N–H and O–H groups in total. The van der Waals surface area contributed by atoms with E-state index in [2.05, 4.69) is 35.6 Å². The van der Waals surface area contributed by atoms with E-state index >= 15 is 0 Å². The maximum Gasteiger partial charge on any atom is 0.292 e. The Morgan fingerprint density at radius 1 is 0.926 bits per heavy atom. The molecule has 1 atom stereocenters. The fraction of sp³-hybridized carbons (Fsp3) is 0.364. The summed E-state index contributed by atoms with van der Waals surface area (Å²) in [5.74, 6) is -0.148. The number of likely N-dealkylation sites (tertiary alicyclic amines) is 1. The Balaban J connectivity index is 1.30. The Labute approximate surface area is 160 Å². The maximum absolute atomic E-state index is 12.8. The summed E-state index contributed by atoms with van der Waals surface area (Å²) >= 11 is 0. The topological polar surface area (TPSA) is 58.4 Å². The lowest BCUT2D eigenvalue weighted by molar-refractivity contribution is -0.926. The number of carbonyl (C=O) groups excluding carboxylic acids is 2. The highest BCUT2D eigenvalue weighted by atomic mass is 16.2. The van der Waals surface area contributed by atoms with Crippen molar-refractivity contribution in [2.24, 2.45) is 0 Å². The van der Waals surface area contributed by atoms with Crippen molar-refractivity contribution in [1.82, 2.24) is 0 Å². The molecule has 140 valence electrons. The molecule has 0 spiro atoms. The van der Waals surface area contributed by atoms with Crippen LogP contribution in [0, 0.1) is 0 Å². The zero-order valence-electron chi connectivity index (χ0n) is 15.5. The van der Waals surface area contributed by atoms with Gasteiger partial charge in [-0.1, -0.05) is 48.5 Å². The van der Waals surface area contributed by atoms with Crippen molar-refractivity contribution in [3.63, 3.8) is 0 Å². The van der Waals surface area contributed by atoms with Gasteiger partial charge in [-0.05, 0) is 12.1 Å². The molecule has 2 aromatic carbocycles. The Morgan fingerprint density at radius 3 is 2.22 bits per heavy atom. The molecule has 0 aromatic heterocycles. The molecule has 2 amide bonds. The average Bonchev–Trinajstić information content (AvgIpc) is 2.98. The minimum absolute atomic E-state index is 0.0646. The van der Waals surface area contributed by atoms with Crippen LogP contribution in [0.3, 0.4) is 0 Å². The van der Waals surface area contributed by atoms with Crippen LogP contribution in [0.2, 0.25) is 0 Å². The molecule has 0 radical (unpaired) electrons. The molecule has 0 bridgehead atoms. The molecular weight excluding hydrogens is 338 g/mol. The van der Waals surface area contributed by atoms with Gasteiger partial charge in [0.25, 0.3) is 5.91 Å². The summed E-state index contributed by atoms with van der Waals surface area (Å²) < 4.78 is 0. The third kappa shape index (κ3) is 4.10. The van der Waals surface area contributed by atoms with Gasteiger partial charge in [-0.3, -0.25) is 9.59 Å². The van der Waals surface area contributed by atoms with Gasteiger partial charge in [-0.2, -0.15) is 0 Å². The Hall–Kier alpha value is -2.50. The summed E-state index contributed by atoms with van der Waals surface area (Å²) in [7, 11) is 0. The van der Waals surface area contributed by atoms with Crippen molar-refractivity contribution in [2.75, 3.05) is 18.0 Å². The van der Waals surface area contributed by atoms with Crippen LogP contribution in [0.1, 0.15) is 24.8 Å². The van der Waals surface area contributed by atoms with E-state index in [1.165, 1.54) is 10.5 Å². The predicted octanol–water partition coefficient (Wildman–Crippen LogP) is 0.129. The Kier molecular flexibility index (Phi) is 5.32. The first-order valence-corrected chi connectivity index (χ1v) is 9.85. The summed E-state index contributed by atoms with van der Waals surface area (Å²) in [4.78, 5) is 28.1. The lowest BCUT2D eigenvalue weighted by atomic mass is 10.0. The zero-order chi connectivity index (χ0) is 18.6. The highest BCUT2D eigenvalue weighted by Crippen LogP contribution is 2.21. The zero-order valence-corrected chi connectivity index (χ0v) is 15.5. The van der Waals surface area contributed by atoms with E-state index < -0.39 is 0 Å². The number of quaternary nitrogens is 2. The molecule has 4 rings (SSSR count). The van der Waals surface area contributed by atoms with Gasteiger partial charge in [-0.25, -0.2) is 4.90 Å². The van der Waals surface area contributed by atoms with E-state index in [4.69, 9.17) is 0 Å². The molecule has 2 heterocycles. The number of anilines is 1. The van der Waals surface area contributed by atoms with Crippen LogP contribution in [0.15, 0.2) is 60.7 Å². The minimum atomic E-state index is -0.265. The molecule has 5 nitrogen and oxygen atoms in total. The van der Waals surface area contributed by atoms with Gasteiger partial charge in [0.1, 0.15) is 6.54 Å². The highest BCUT2D eigenvalue weighted by molar-refractivity contribution is 6.21. The van der Waals surface area contributed by atoms with Gasteiger partial charge in [0.05, 0.1) is 31.2 Å². The smallest absolute Gasteiger partial charge is 0.292 e. The number of imide groups is 1. The summed E-state index contributed by atoms with van der Waals surface area (Å²) in [5, 5.41) is 2.16.